The molecule has 3 heteroatoms. The van der Waals surface area contributed by atoms with Crippen molar-refractivity contribution in [3.63, 3.8) is 0 Å². The minimum absolute atomic E-state index is 0.639. The summed E-state index contributed by atoms with van der Waals surface area (Å²) in [7, 11) is 3.50. The molecule has 66 valence electrons. The number of rotatable bonds is 4. The summed E-state index contributed by atoms with van der Waals surface area (Å²) in [5.74, 6) is 1.28. The second-order valence-electron chi connectivity index (χ2n) is 3.09. The van der Waals surface area contributed by atoms with E-state index in [0.29, 0.717) is 11.8 Å². The van der Waals surface area contributed by atoms with Gasteiger partial charge in [-0.3, -0.25) is 0 Å². The molecule has 0 aliphatic carbocycles. The van der Waals surface area contributed by atoms with Gasteiger partial charge in [-0.05, 0) is 0 Å². The van der Waals surface area contributed by atoms with E-state index in [-0.39, 0.29) is 0 Å². The quantitative estimate of drug-likeness (QED) is 0.632. The first-order valence-electron chi connectivity index (χ1n) is 4.07. The van der Waals surface area contributed by atoms with Crippen molar-refractivity contribution in [1.82, 2.24) is 5.32 Å². The molecule has 0 aromatic carbocycles. The molecule has 0 amide bonds. The second kappa shape index (κ2) is 4.70. The molecular formula is C8H17NO2. The predicted molar refractivity (Wildman–Crippen MR) is 43.6 cm³/mol. The molecule has 0 radical (unpaired) electrons. The number of ether oxygens (including phenoxy) is 2. The molecule has 0 unspecified atom stereocenters. The molecule has 0 bridgehead atoms. The van der Waals surface area contributed by atoms with Crippen LogP contribution in [0, 0.1) is 11.8 Å². The zero-order valence-corrected chi connectivity index (χ0v) is 7.30. The van der Waals surface area contributed by atoms with Gasteiger partial charge in [0.15, 0.2) is 0 Å². The molecule has 1 aliphatic heterocycles. The van der Waals surface area contributed by atoms with Crippen molar-refractivity contribution in [2.45, 2.75) is 0 Å². The van der Waals surface area contributed by atoms with Gasteiger partial charge in [-0.25, -0.2) is 0 Å². The number of nitrogens with one attached hydrogen (secondary N) is 1. The zero-order chi connectivity index (χ0) is 8.10. The molecule has 1 aliphatic rings. The summed E-state index contributed by atoms with van der Waals surface area (Å²) in [6, 6.07) is 0. The minimum atomic E-state index is 0.639. The summed E-state index contributed by atoms with van der Waals surface area (Å²) in [4.78, 5) is 0. The Labute approximate surface area is 68.1 Å². The average molecular weight is 159 g/mol. The van der Waals surface area contributed by atoms with E-state index in [1.807, 2.05) is 0 Å². The molecule has 3 nitrogen and oxygen atoms in total. The Morgan fingerprint density at radius 2 is 1.55 bits per heavy atom. The molecule has 11 heavy (non-hydrogen) atoms. The summed E-state index contributed by atoms with van der Waals surface area (Å²) < 4.78 is 10.2. The van der Waals surface area contributed by atoms with E-state index in [1.54, 1.807) is 14.2 Å². The van der Waals surface area contributed by atoms with Crippen LogP contribution in [0.25, 0.3) is 0 Å². The normalized spacial score (nSPS) is 31.1. The van der Waals surface area contributed by atoms with Crippen LogP contribution in [0.5, 0.6) is 0 Å². The molecule has 1 heterocycles. The third-order valence-corrected chi connectivity index (χ3v) is 2.24. The van der Waals surface area contributed by atoms with Crippen LogP contribution in [0.2, 0.25) is 0 Å². The highest BCUT2D eigenvalue weighted by Gasteiger charge is 2.26. The van der Waals surface area contributed by atoms with Crippen LogP contribution >= 0.6 is 0 Å². The van der Waals surface area contributed by atoms with Crippen LogP contribution < -0.4 is 5.32 Å². The lowest BCUT2D eigenvalue weighted by Crippen LogP contribution is -2.21. The van der Waals surface area contributed by atoms with Crippen molar-refractivity contribution in [3.8, 4) is 0 Å². The Morgan fingerprint density at radius 1 is 1.09 bits per heavy atom. The SMILES string of the molecule is COC[C@H]1CNC[C@@H]1COC. The summed E-state index contributed by atoms with van der Waals surface area (Å²) in [6.07, 6.45) is 0. The molecule has 0 saturated carbocycles. The first-order valence-corrected chi connectivity index (χ1v) is 4.07. The van der Waals surface area contributed by atoms with Crippen LogP contribution in [-0.4, -0.2) is 40.5 Å². The highest BCUT2D eigenvalue weighted by molar-refractivity contribution is 4.80. The topological polar surface area (TPSA) is 30.5 Å². The van der Waals surface area contributed by atoms with Crippen LogP contribution in [0.15, 0.2) is 0 Å². The molecule has 0 spiro atoms. The first kappa shape index (κ1) is 8.97. The van der Waals surface area contributed by atoms with Gasteiger partial charge >= 0.3 is 0 Å². The van der Waals surface area contributed by atoms with E-state index in [1.165, 1.54) is 0 Å². The van der Waals surface area contributed by atoms with Gasteiger partial charge in [0.25, 0.3) is 0 Å². The van der Waals surface area contributed by atoms with E-state index in [4.69, 9.17) is 9.47 Å². The zero-order valence-electron chi connectivity index (χ0n) is 7.30. The fraction of sp³-hybridized carbons (Fsp3) is 1.00. The monoisotopic (exact) mass is 159 g/mol. The van der Waals surface area contributed by atoms with E-state index in [2.05, 4.69) is 5.32 Å². The number of methoxy groups -OCH3 is 2. The summed E-state index contributed by atoms with van der Waals surface area (Å²) in [6.45, 7) is 3.84. The number of hydrogen-bond donors (Lipinski definition) is 1. The Hall–Kier alpha value is -0.120. The Bertz CT molecular complexity index is 96.3. The van der Waals surface area contributed by atoms with Gasteiger partial charge in [-0.15, -0.1) is 0 Å². The molecule has 2 atom stereocenters. The fourth-order valence-corrected chi connectivity index (χ4v) is 1.61. The van der Waals surface area contributed by atoms with Gasteiger partial charge in [0.1, 0.15) is 0 Å². The van der Waals surface area contributed by atoms with Crippen molar-refractivity contribution in [2.24, 2.45) is 11.8 Å². The molecule has 1 rings (SSSR count). The van der Waals surface area contributed by atoms with Gasteiger partial charge in [0, 0.05) is 39.1 Å². The summed E-state index contributed by atoms with van der Waals surface area (Å²) in [5, 5.41) is 3.33. The Morgan fingerprint density at radius 3 is 1.91 bits per heavy atom. The minimum Gasteiger partial charge on any atom is -0.384 e. The van der Waals surface area contributed by atoms with Gasteiger partial charge in [0.2, 0.25) is 0 Å². The lowest BCUT2D eigenvalue weighted by atomic mass is 9.98. The third kappa shape index (κ3) is 2.43. The van der Waals surface area contributed by atoms with E-state index in [9.17, 15) is 0 Å². The largest absolute Gasteiger partial charge is 0.384 e. The van der Waals surface area contributed by atoms with E-state index >= 15 is 0 Å². The molecule has 1 saturated heterocycles. The van der Waals surface area contributed by atoms with Gasteiger partial charge in [-0.2, -0.15) is 0 Å². The maximum Gasteiger partial charge on any atom is 0.0506 e. The lowest BCUT2D eigenvalue weighted by Gasteiger charge is -2.15. The van der Waals surface area contributed by atoms with Crippen LogP contribution in [-0.2, 0) is 9.47 Å². The predicted octanol–water partition coefficient (Wildman–Crippen LogP) is 0.115. The van der Waals surface area contributed by atoms with Crippen LogP contribution in [0.1, 0.15) is 0 Å². The van der Waals surface area contributed by atoms with Crippen LogP contribution in [0.4, 0.5) is 0 Å². The van der Waals surface area contributed by atoms with Gasteiger partial charge in [0.05, 0.1) is 13.2 Å². The molecule has 1 N–H and O–H groups in total. The molecular weight excluding hydrogens is 142 g/mol. The molecule has 0 aromatic rings. The fourth-order valence-electron chi connectivity index (χ4n) is 1.61. The smallest absolute Gasteiger partial charge is 0.0506 e. The molecule has 1 fully saturated rings. The van der Waals surface area contributed by atoms with Crippen molar-refractivity contribution >= 4 is 0 Å². The molecule has 0 aromatic heterocycles. The van der Waals surface area contributed by atoms with Crippen LogP contribution in [0.3, 0.4) is 0 Å². The summed E-state index contributed by atoms with van der Waals surface area (Å²) >= 11 is 0. The Balaban J connectivity index is 2.25. The van der Waals surface area contributed by atoms with E-state index in [0.717, 1.165) is 26.3 Å². The number of hydrogen-bond acceptors (Lipinski definition) is 3. The summed E-state index contributed by atoms with van der Waals surface area (Å²) in [5.41, 5.74) is 0. The van der Waals surface area contributed by atoms with Crippen molar-refractivity contribution in [3.05, 3.63) is 0 Å². The van der Waals surface area contributed by atoms with Crippen molar-refractivity contribution < 1.29 is 9.47 Å². The first-order chi connectivity index (χ1) is 5.38. The maximum atomic E-state index is 5.11. The van der Waals surface area contributed by atoms with Gasteiger partial charge in [-0.1, -0.05) is 0 Å². The lowest BCUT2D eigenvalue weighted by molar-refractivity contribution is 0.0937. The van der Waals surface area contributed by atoms with E-state index < -0.39 is 0 Å². The third-order valence-electron chi connectivity index (χ3n) is 2.24. The Kier molecular flexibility index (Phi) is 3.83. The highest BCUT2D eigenvalue weighted by atomic mass is 16.5. The standard InChI is InChI=1S/C8H17NO2/c1-10-5-7-3-9-4-8(7)6-11-2/h7-9H,3-6H2,1-2H3/t7-,8-/m1/s1. The maximum absolute atomic E-state index is 5.11. The second-order valence-corrected chi connectivity index (χ2v) is 3.09. The highest BCUT2D eigenvalue weighted by Crippen LogP contribution is 2.16. The van der Waals surface area contributed by atoms with Crippen molar-refractivity contribution in [2.75, 3.05) is 40.5 Å². The average Bonchev–Trinajstić information content (AvgIpc) is 2.39. The van der Waals surface area contributed by atoms with Gasteiger partial charge < -0.3 is 14.8 Å². The van der Waals surface area contributed by atoms with Crippen molar-refractivity contribution in [1.29, 1.82) is 0 Å².